The molecule has 0 amide bonds. The molecule has 63 heavy (non-hydrogen) atoms. The maximum absolute atomic E-state index is 10.6. The first-order valence-corrected chi connectivity index (χ1v) is 21.7. The second kappa shape index (κ2) is 19.1. The zero-order valence-corrected chi connectivity index (χ0v) is 35.2. The number of nitrogens with zero attached hydrogens (tertiary/aromatic N) is 1. The summed E-state index contributed by atoms with van der Waals surface area (Å²) in [6, 6.07) is 75.4. The molecule has 9 rings (SSSR count). The molecule has 1 aliphatic carbocycles. The van der Waals surface area contributed by atoms with Gasteiger partial charge >= 0.3 is 0 Å². The molecule has 1 unspecified atom stereocenters. The third-order valence-corrected chi connectivity index (χ3v) is 11.9. The van der Waals surface area contributed by atoms with Gasteiger partial charge in [-0.25, -0.2) is 0 Å². The highest BCUT2D eigenvalue weighted by Crippen LogP contribution is 2.40. The molecular weight excluding hydrogens is 759 g/mol. The van der Waals surface area contributed by atoms with Gasteiger partial charge in [-0.3, -0.25) is 0 Å². The Hall–Kier alpha value is -8.05. The van der Waals surface area contributed by atoms with Gasteiger partial charge in [0.05, 0.1) is 5.56 Å². The fourth-order valence-corrected chi connectivity index (χ4v) is 8.59. The molecule has 0 radical (unpaired) electrons. The van der Waals surface area contributed by atoms with Gasteiger partial charge in [0.1, 0.15) is 6.07 Å². The van der Waals surface area contributed by atoms with Crippen molar-refractivity contribution in [2.24, 2.45) is 0 Å². The number of benzene rings is 8. The van der Waals surface area contributed by atoms with E-state index in [1.807, 2.05) is 42.5 Å². The van der Waals surface area contributed by atoms with Crippen molar-refractivity contribution in [1.29, 1.82) is 5.26 Å². The van der Waals surface area contributed by atoms with E-state index in [-0.39, 0.29) is 5.92 Å². The largest absolute Gasteiger partial charge is 0.192 e. The molecule has 8 aromatic carbocycles. The van der Waals surface area contributed by atoms with Gasteiger partial charge in [0.15, 0.2) is 0 Å². The highest BCUT2D eigenvalue weighted by Gasteiger charge is 2.20. The lowest BCUT2D eigenvalue weighted by Gasteiger charge is -2.22. The van der Waals surface area contributed by atoms with Crippen LogP contribution in [0.25, 0.3) is 61.2 Å². The Morgan fingerprint density at radius 3 is 1.68 bits per heavy atom. The smallest absolute Gasteiger partial charge is 0.100 e. The van der Waals surface area contributed by atoms with Crippen LogP contribution in [0.2, 0.25) is 0 Å². The number of hydrogen-bond donors (Lipinski definition) is 0. The summed E-state index contributed by atoms with van der Waals surface area (Å²) in [5.74, 6) is 0.101. The van der Waals surface area contributed by atoms with E-state index in [0.29, 0.717) is 5.56 Å². The zero-order chi connectivity index (χ0) is 42.8. The average molecular weight is 806 g/mol. The molecule has 1 atom stereocenters. The molecular formula is C62H47N. The molecule has 0 saturated carbocycles. The lowest BCUT2D eigenvalue weighted by molar-refractivity contribution is 0.857. The quantitative estimate of drug-likeness (QED) is 0.113. The summed E-state index contributed by atoms with van der Waals surface area (Å²) < 4.78 is 0. The van der Waals surface area contributed by atoms with Crippen molar-refractivity contribution in [2.75, 3.05) is 0 Å². The minimum Gasteiger partial charge on any atom is -0.192 e. The highest BCUT2D eigenvalue weighted by molar-refractivity contribution is 5.91. The third-order valence-electron chi connectivity index (χ3n) is 11.9. The van der Waals surface area contributed by atoms with Crippen LogP contribution in [0.3, 0.4) is 0 Å². The Labute approximate surface area is 372 Å². The molecule has 0 aliphatic heterocycles. The Bertz CT molecular complexity index is 2970. The van der Waals surface area contributed by atoms with Gasteiger partial charge in [-0.2, -0.15) is 5.26 Å². The van der Waals surface area contributed by atoms with Crippen molar-refractivity contribution in [1.82, 2.24) is 0 Å². The fraction of sp³-hybridized carbons (Fsp3) is 0.0484. The van der Waals surface area contributed by atoms with E-state index in [1.54, 1.807) is 0 Å². The minimum absolute atomic E-state index is 0.101. The maximum Gasteiger partial charge on any atom is 0.100 e. The van der Waals surface area contributed by atoms with Crippen LogP contribution >= 0.6 is 0 Å². The zero-order valence-electron chi connectivity index (χ0n) is 35.2. The highest BCUT2D eigenvalue weighted by atomic mass is 14.3. The first-order chi connectivity index (χ1) is 31.1. The van der Waals surface area contributed by atoms with Gasteiger partial charge in [-0.15, -0.1) is 0 Å². The van der Waals surface area contributed by atoms with E-state index in [9.17, 15) is 5.26 Å². The molecule has 0 bridgehead atoms. The van der Waals surface area contributed by atoms with E-state index in [0.717, 1.165) is 68.5 Å². The van der Waals surface area contributed by atoms with Crippen LogP contribution in [0.15, 0.2) is 249 Å². The van der Waals surface area contributed by atoms with Gasteiger partial charge < -0.3 is 0 Å². The lowest BCUT2D eigenvalue weighted by atomic mass is 9.82. The van der Waals surface area contributed by atoms with Crippen molar-refractivity contribution >= 4 is 16.7 Å². The molecule has 8 aromatic rings. The minimum atomic E-state index is 0.101. The summed E-state index contributed by atoms with van der Waals surface area (Å²) >= 11 is 0. The Kier molecular flexibility index (Phi) is 12.2. The first kappa shape index (κ1) is 40.4. The summed E-state index contributed by atoms with van der Waals surface area (Å²) in [5.41, 5.74) is 18.5. The fourth-order valence-electron chi connectivity index (χ4n) is 8.59. The topological polar surface area (TPSA) is 23.8 Å². The number of hydrogen-bond acceptors (Lipinski definition) is 1. The Morgan fingerprint density at radius 1 is 0.524 bits per heavy atom. The molecule has 0 spiro atoms. The Morgan fingerprint density at radius 2 is 1.08 bits per heavy atom. The van der Waals surface area contributed by atoms with Gasteiger partial charge in [0.2, 0.25) is 0 Å². The van der Waals surface area contributed by atoms with Crippen LogP contribution in [-0.4, -0.2) is 0 Å². The number of allylic oxidation sites excluding steroid dienone is 9. The SMILES string of the molecule is C=C/C(=C\C(=C/Cc1ccccc1)c1cc(-c2cccc(-c3ccccc3)c2)cc(C2C=C(c3cc(-c4ccccc4)c(C#N)c(-c4ccccc4)c3)C=CC2)c1)c1ccccc1. The monoisotopic (exact) mass is 805 g/mol. The average Bonchev–Trinajstić information content (AvgIpc) is 3.37. The standard InChI is InChI=1S/C62H47N/c1-2-46(47-22-10-4-11-23-47)36-55(35-34-45-20-8-3-9-21-45)58-40-56(52-31-18-30-51(37-52)48-24-12-5-13-25-48)39-57(41-58)53-32-19-33-54(38-53)59-42-60(49-26-14-6-15-27-49)62(44-63)61(43-59)50-28-16-7-17-29-50/h2-31,33,35-43,53H,1,32,34H2/b46-36+,55-35+. The van der Waals surface area contributed by atoms with E-state index in [1.165, 1.54) is 33.4 Å². The van der Waals surface area contributed by atoms with Crippen LogP contribution in [0.1, 0.15) is 45.7 Å². The molecule has 0 saturated heterocycles. The van der Waals surface area contributed by atoms with Crippen molar-refractivity contribution in [3.8, 4) is 50.6 Å². The predicted octanol–water partition coefficient (Wildman–Crippen LogP) is 16.2. The van der Waals surface area contributed by atoms with Crippen LogP contribution in [-0.2, 0) is 6.42 Å². The van der Waals surface area contributed by atoms with Crippen LogP contribution in [0.4, 0.5) is 0 Å². The third kappa shape index (κ3) is 9.33. The van der Waals surface area contributed by atoms with Gasteiger partial charge in [-0.05, 0) is 121 Å². The molecule has 0 aromatic heterocycles. The second-order valence-electron chi connectivity index (χ2n) is 16.0. The van der Waals surface area contributed by atoms with E-state index in [2.05, 4.69) is 213 Å². The summed E-state index contributed by atoms with van der Waals surface area (Å²) in [5, 5.41) is 10.6. The normalized spacial score (nSPS) is 13.8. The van der Waals surface area contributed by atoms with Gasteiger partial charge in [0.25, 0.3) is 0 Å². The molecule has 0 N–H and O–H groups in total. The lowest BCUT2D eigenvalue weighted by Crippen LogP contribution is -2.02. The molecule has 0 fully saturated rings. The molecule has 300 valence electrons. The Balaban J connectivity index is 1.21. The van der Waals surface area contributed by atoms with Crippen molar-refractivity contribution in [3.05, 3.63) is 283 Å². The van der Waals surface area contributed by atoms with Crippen LogP contribution < -0.4 is 0 Å². The first-order valence-electron chi connectivity index (χ1n) is 21.7. The summed E-state index contributed by atoms with van der Waals surface area (Å²) in [6.07, 6.45) is 15.3. The maximum atomic E-state index is 10.6. The van der Waals surface area contributed by atoms with E-state index >= 15 is 0 Å². The van der Waals surface area contributed by atoms with E-state index < -0.39 is 0 Å². The predicted molar refractivity (Wildman–Crippen MR) is 267 cm³/mol. The van der Waals surface area contributed by atoms with Crippen LogP contribution in [0.5, 0.6) is 0 Å². The molecule has 0 heterocycles. The van der Waals surface area contributed by atoms with Gasteiger partial charge in [0, 0.05) is 17.0 Å². The second-order valence-corrected chi connectivity index (χ2v) is 16.0. The number of rotatable bonds is 12. The summed E-state index contributed by atoms with van der Waals surface area (Å²) in [7, 11) is 0. The van der Waals surface area contributed by atoms with Crippen molar-refractivity contribution in [3.63, 3.8) is 0 Å². The summed E-state index contributed by atoms with van der Waals surface area (Å²) in [6.45, 7) is 4.27. The van der Waals surface area contributed by atoms with Gasteiger partial charge in [-0.1, -0.05) is 219 Å². The van der Waals surface area contributed by atoms with E-state index in [4.69, 9.17) is 0 Å². The molecule has 1 heteroatoms. The molecule has 1 aliphatic rings. The summed E-state index contributed by atoms with van der Waals surface area (Å²) in [4.78, 5) is 0. The van der Waals surface area contributed by atoms with Crippen molar-refractivity contribution in [2.45, 2.75) is 18.8 Å². The molecule has 1 nitrogen and oxygen atoms in total. The number of nitriles is 1. The van der Waals surface area contributed by atoms with Crippen LogP contribution in [0, 0.1) is 11.3 Å². The van der Waals surface area contributed by atoms with Crippen molar-refractivity contribution < 1.29 is 0 Å².